The number of benzene rings is 1. The number of esters is 1. The molecule has 142 valence electrons. The van der Waals surface area contributed by atoms with Gasteiger partial charge in [0.25, 0.3) is 0 Å². The normalized spacial score (nSPS) is 11.5. The van der Waals surface area contributed by atoms with E-state index in [0.717, 1.165) is 22.6 Å². The van der Waals surface area contributed by atoms with Crippen molar-refractivity contribution in [1.29, 1.82) is 0 Å². The van der Waals surface area contributed by atoms with Gasteiger partial charge in [0, 0.05) is 18.3 Å². The van der Waals surface area contributed by atoms with Crippen LogP contribution in [0.1, 0.15) is 55.0 Å². The highest BCUT2D eigenvalue weighted by Crippen LogP contribution is 2.22. The Morgan fingerprint density at radius 1 is 1.15 bits per heavy atom. The number of nitrogens with zero attached hydrogens (tertiary/aromatic N) is 1. The van der Waals surface area contributed by atoms with Crippen LogP contribution >= 0.6 is 0 Å². The number of ether oxygens (including phenoxy) is 3. The van der Waals surface area contributed by atoms with Gasteiger partial charge in [-0.2, -0.15) is 0 Å². The average molecular weight is 359 g/mol. The number of carbonyl (C=O) groups is 1. The molecule has 0 radical (unpaired) electrons. The van der Waals surface area contributed by atoms with Gasteiger partial charge in [-0.3, -0.25) is 0 Å². The Morgan fingerprint density at radius 2 is 1.88 bits per heavy atom. The van der Waals surface area contributed by atoms with E-state index in [-0.39, 0.29) is 11.6 Å². The van der Waals surface area contributed by atoms with Gasteiger partial charge < -0.3 is 18.8 Å². The molecule has 0 unspecified atom stereocenters. The molecule has 1 aromatic carbocycles. The number of hydrogen-bond acceptors (Lipinski definition) is 4. The lowest BCUT2D eigenvalue weighted by Gasteiger charge is -2.19. The summed E-state index contributed by atoms with van der Waals surface area (Å²) in [6.45, 7) is 10.9. The van der Waals surface area contributed by atoms with E-state index in [1.54, 1.807) is 6.92 Å². The Kier molecular flexibility index (Phi) is 6.48. The number of aryl methyl sites for hydroxylation is 1. The maximum Gasteiger partial charge on any atom is 0.355 e. The molecule has 0 aliphatic rings. The van der Waals surface area contributed by atoms with Crippen molar-refractivity contribution >= 4 is 5.97 Å². The van der Waals surface area contributed by atoms with E-state index in [1.807, 2.05) is 69.6 Å². The Labute approximate surface area is 155 Å². The summed E-state index contributed by atoms with van der Waals surface area (Å²) in [7, 11) is 1.85. The van der Waals surface area contributed by atoms with Crippen molar-refractivity contribution in [2.24, 2.45) is 7.05 Å². The summed E-state index contributed by atoms with van der Waals surface area (Å²) in [6, 6.07) is 9.79. The fourth-order valence-electron chi connectivity index (χ4n) is 2.60. The molecule has 0 N–H and O–H groups in total. The second kappa shape index (κ2) is 8.41. The van der Waals surface area contributed by atoms with E-state index in [1.165, 1.54) is 0 Å². The second-order valence-corrected chi connectivity index (χ2v) is 7.30. The van der Waals surface area contributed by atoms with Crippen LogP contribution in [0.3, 0.4) is 0 Å². The largest absolute Gasteiger partial charge is 0.489 e. The molecule has 0 aliphatic heterocycles. The lowest BCUT2D eigenvalue weighted by atomic mass is 10.2. The predicted molar refractivity (Wildman–Crippen MR) is 101 cm³/mol. The molecule has 0 amide bonds. The standard InChI is InChI=1S/C21H29NO4/c1-7-24-20(23)19-16(13-25-18-10-8-9-15(2)11-18)12-17(22(19)6)14-26-21(3,4)5/h8-12H,7,13-14H2,1-6H3. The number of aromatic nitrogens is 1. The van der Waals surface area contributed by atoms with Crippen LogP contribution in [0, 0.1) is 6.92 Å². The molecular formula is C21H29NO4. The van der Waals surface area contributed by atoms with Crippen molar-refractivity contribution < 1.29 is 19.0 Å². The molecule has 2 rings (SSSR count). The monoisotopic (exact) mass is 359 g/mol. The average Bonchev–Trinajstić information content (AvgIpc) is 2.86. The van der Waals surface area contributed by atoms with Crippen LogP contribution in [-0.4, -0.2) is 22.7 Å². The van der Waals surface area contributed by atoms with Gasteiger partial charge in [-0.15, -0.1) is 0 Å². The summed E-state index contributed by atoms with van der Waals surface area (Å²) in [4.78, 5) is 12.4. The third-order valence-electron chi connectivity index (χ3n) is 3.92. The first-order valence-electron chi connectivity index (χ1n) is 8.89. The maximum atomic E-state index is 12.4. The summed E-state index contributed by atoms with van der Waals surface area (Å²) in [6.07, 6.45) is 0. The molecular weight excluding hydrogens is 330 g/mol. The first-order chi connectivity index (χ1) is 12.2. The first kappa shape index (κ1) is 20.0. The first-order valence-corrected chi connectivity index (χ1v) is 8.89. The molecule has 0 bridgehead atoms. The van der Waals surface area contributed by atoms with E-state index in [9.17, 15) is 4.79 Å². The van der Waals surface area contributed by atoms with Crippen LogP contribution in [0.15, 0.2) is 30.3 Å². The van der Waals surface area contributed by atoms with E-state index >= 15 is 0 Å². The van der Waals surface area contributed by atoms with Crippen LogP contribution < -0.4 is 4.74 Å². The van der Waals surface area contributed by atoms with E-state index in [2.05, 4.69) is 0 Å². The van der Waals surface area contributed by atoms with Crippen molar-refractivity contribution in [1.82, 2.24) is 4.57 Å². The molecule has 1 aromatic heterocycles. The van der Waals surface area contributed by atoms with Crippen molar-refractivity contribution in [3.63, 3.8) is 0 Å². The SMILES string of the molecule is CCOC(=O)c1c(COc2cccc(C)c2)cc(COC(C)(C)C)n1C. The maximum absolute atomic E-state index is 12.4. The Morgan fingerprint density at radius 3 is 2.50 bits per heavy atom. The molecule has 0 aliphatic carbocycles. The lowest BCUT2D eigenvalue weighted by molar-refractivity contribution is -0.0174. The van der Waals surface area contributed by atoms with Gasteiger partial charge in [0.1, 0.15) is 18.1 Å². The van der Waals surface area contributed by atoms with Gasteiger partial charge in [0.05, 0.1) is 18.8 Å². The molecule has 0 saturated carbocycles. The van der Waals surface area contributed by atoms with E-state index in [4.69, 9.17) is 14.2 Å². The zero-order chi connectivity index (χ0) is 19.3. The lowest BCUT2D eigenvalue weighted by Crippen LogP contribution is -2.20. The number of rotatable bonds is 7. The zero-order valence-electron chi connectivity index (χ0n) is 16.6. The Balaban J connectivity index is 2.25. The fourth-order valence-corrected chi connectivity index (χ4v) is 2.60. The van der Waals surface area contributed by atoms with Gasteiger partial charge in [0.15, 0.2) is 0 Å². The van der Waals surface area contributed by atoms with Gasteiger partial charge in [-0.1, -0.05) is 12.1 Å². The topological polar surface area (TPSA) is 49.7 Å². The molecule has 5 nitrogen and oxygen atoms in total. The molecule has 26 heavy (non-hydrogen) atoms. The second-order valence-electron chi connectivity index (χ2n) is 7.30. The van der Waals surface area contributed by atoms with Crippen molar-refractivity contribution in [2.45, 2.75) is 53.4 Å². The molecule has 0 spiro atoms. The highest BCUT2D eigenvalue weighted by Gasteiger charge is 2.22. The molecule has 0 fully saturated rings. The van der Waals surface area contributed by atoms with Crippen molar-refractivity contribution in [3.8, 4) is 5.75 Å². The molecule has 0 saturated heterocycles. The number of carbonyl (C=O) groups excluding carboxylic acids is 1. The van der Waals surface area contributed by atoms with Crippen LogP contribution in [0.25, 0.3) is 0 Å². The molecule has 2 aromatic rings. The van der Waals surface area contributed by atoms with Gasteiger partial charge >= 0.3 is 5.97 Å². The van der Waals surface area contributed by atoms with Crippen LogP contribution in [-0.2, 0) is 29.7 Å². The third-order valence-corrected chi connectivity index (χ3v) is 3.92. The van der Waals surface area contributed by atoms with Gasteiger partial charge in [0.2, 0.25) is 0 Å². The van der Waals surface area contributed by atoms with Crippen LogP contribution in [0.4, 0.5) is 0 Å². The molecule has 0 atom stereocenters. The van der Waals surface area contributed by atoms with Crippen molar-refractivity contribution in [2.75, 3.05) is 6.61 Å². The minimum atomic E-state index is -0.347. The summed E-state index contributed by atoms with van der Waals surface area (Å²) < 4.78 is 18.8. The summed E-state index contributed by atoms with van der Waals surface area (Å²) in [5.41, 5.74) is 3.07. The highest BCUT2D eigenvalue weighted by molar-refractivity contribution is 5.89. The third kappa shape index (κ3) is 5.36. The fraction of sp³-hybridized carbons (Fsp3) is 0.476. The van der Waals surface area contributed by atoms with Crippen LogP contribution in [0.5, 0.6) is 5.75 Å². The quantitative estimate of drug-likeness (QED) is 0.687. The van der Waals surface area contributed by atoms with Crippen molar-refractivity contribution in [3.05, 3.63) is 52.8 Å². The summed E-state index contributed by atoms with van der Waals surface area (Å²) >= 11 is 0. The Hall–Kier alpha value is -2.27. The predicted octanol–water partition coefficient (Wildman–Crippen LogP) is 4.40. The summed E-state index contributed by atoms with van der Waals surface area (Å²) in [5, 5.41) is 0. The Bertz CT molecular complexity index is 756. The molecule has 5 heteroatoms. The summed E-state index contributed by atoms with van der Waals surface area (Å²) in [5.74, 6) is 0.427. The van der Waals surface area contributed by atoms with Gasteiger partial charge in [-0.25, -0.2) is 4.79 Å². The minimum Gasteiger partial charge on any atom is -0.489 e. The van der Waals surface area contributed by atoms with Gasteiger partial charge in [-0.05, 0) is 58.4 Å². The van der Waals surface area contributed by atoms with Crippen LogP contribution in [0.2, 0.25) is 0 Å². The number of hydrogen-bond donors (Lipinski definition) is 0. The zero-order valence-corrected chi connectivity index (χ0v) is 16.6. The van der Waals surface area contributed by atoms with E-state index in [0.29, 0.717) is 25.5 Å². The minimum absolute atomic E-state index is 0.257. The molecule has 1 heterocycles. The highest BCUT2D eigenvalue weighted by atomic mass is 16.5. The smallest absolute Gasteiger partial charge is 0.355 e. The van der Waals surface area contributed by atoms with E-state index < -0.39 is 0 Å².